The summed E-state index contributed by atoms with van der Waals surface area (Å²) in [6.45, 7) is -0.0235. The minimum Gasteiger partial charge on any atom is -0.477 e. The highest BCUT2D eigenvalue weighted by Crippen LogP contribution is 2.33. The smallest absolute Gasteiger partial charge is 0.345 e. The fraction of sp³-hybridized carbons (Fsp3) is 0.0714. The van der Waals surface area contributed by atoms with Crippen molar-refractivity contribution in [3.05, 3.63) is 51.4 Å². The number of nitrogens with one attached hydrogen (secondary N) is 1. The van der Waals surface area contributed by atoms with Gasteiger partial charge in [-0.3, -0.25) is 9.79 Å². The lowest BCUT2D eigenvalue weighted by Crippen LogP contribution is -2.12. The van der Waals surface area contributed by atoms with Crippen molar-refractivity contribution in [2.24, 2.45) is 4.99 Å². The van der Waals surface area contributed by atoms with Crippen LogP contribution in [0.2, 0.25) is 5.02 Å². The lowest BCUT2D eigenvalue weighted by Gasteiger charge is -2.06. The van der Waals surface area contributed by atoms with Crippen LogP contribution in [-0.2, 0) is 4.79 Å². The summed E-state index contributed by atoms with van der Waals surface area (Å²) in [4.78, 5) is 27.2. The van der Waals surface area contributed by atoms with Gasteiger partial charge in [-0.1, -0.05) is 29.8 Å². The first-order valence-electron chi connectivity index (χ1n) is 6.03. The van der Waals surface area contributed by atoms with E-state index in [-0.39, 0.29) is 17.3 Å². The standard InChI is InChI=1S/C14H9ClN2O3S/c15-9-4-2-1-3-7(9)12-8-5-10(14(19)20)21-13(8)17-11(18)6-16-12/h1-5H,6H2,(H,17,18)(H,19,20). The van der Waals surface area contributed by atoms with E-state index in [1.165, 1.54) is 6.07 Å². The molecule has 0 atom stereocenters. The average Bonchev–Trinajstić information content (AvgIpc) is 2.79. The Labute approximate surface area is 128 Å². The Morgan fingerprint density at radius 2 is 2.10 bits per heavy atom. The molecule has 7 heteroatoms. The summed E-state index contributed by atoms with van der Waals surface area (Å²) in [5, 5.41) is 12.8. The molecule has 5 nitrogen and oxygen atoms in total. The number of halogens is 1. The number of hydrogen-bond donors (Lipinski definition) is 2. The van der Waals surface area contributed by atoms with Crippen molar-refractivity contribution < 1.29 is 14.7 Å². The third-order valence-electron chi connectivity index (χ3n) is 2.96. The molecule has 0 saturated carbocycles. The van der Waals surface area contributed by atoms with Crippen LogP contribution in [0.25, 0.3) is 0 Å². The van der Waals surface area contributed by atoms with Crippen LogP contribution in [-0.4, -0.2) is 29.2 Å². The van der Waals surface area contributed by atoms with Crippen LogP contribution in [0.4, 0.5) is 5.00 Å². The van der Waals surface area contributed by atoms with Crippen LogP contribution in [0.1, 0.15) is 20.8 Å². The number of hydrogen-bond acceptors (Lipinski definition) is 4. The highest BCUT2D eigenvalue weighted by atomic mass is 35.5. The maximum atomic E-state index is 11.7. The van der Waals surface area contributed by atoms with Gasteiger partial charge in [-0.05, 0) is 12.1 Å². The van der Waals surface area contributed by atoms with Crippen LogP contribution in [0, 0.1) is 0 Å². The van der Waals surface area contributed by atoms with Gasteiger partial charge in [0.1, 0.15) is 16.4 Å². The van der Waals surface area contributed by atoms with Gasteiger partial charge in [0.2, 0.25) is 5.91 Å². The molecule has 106 valence electrons. The third-order valence-corrected chi connectivity index (χ3v) is 4.33. The Morgan fingerprint density at radius 1 is 1.33 bits per heavy atom. The summed E-state index contributed by atoms with van der Waals surface area (Å²) in [6, 6.07) is 8.64. The lowest BCUT2D eigenvalue weighted by molar-refractivity contribution is -0.114. The molecule has 1 aliphatic heterocycles. The number of amides is 1. The lowest BCUT2D eigenvalue weighted by atomic mass is 10.0. The van der Waals surface area contributed by atoms with E-state index in [0.717, 1.165) is 11.3 Å². The molecule has 0 bridgehead atoms. The van der Waals surface area contributed by atoms with E-state index >= 15 is 0 Å². The van der Waals surface area contributed by atoms with E-state index in [0.29, 0.717) is 26.9 Å². The summed E-state index contributed by atoms with van der Waals surface area (Å²) < 4.78 is 0. The maximum absolute atomic E-state index is 11.7. The van der Waals surface area contributed by atoms with Gasteiger partial charge in [-0.2, -0.15) is 0 Å². The van der Waals surface area contributed by atoms with E-state index in [9.17, 15) is 9.59 Å². The second kappa shape index (κ2) is 5.31. The molecule has 0 spiro atoms. The second-order valence-corrected chi connectivity index (χ2v) is 5.81. The molecule has 1 amide bonds. The fourth-order valence-electron chi connectivity index (χ4n) is 2.05. The predicted molar refractivity (Wildman–Crippen MR) is 81.9 cm³/mol. The number of carboxylic acids is 1. The Balaban J connectivity index is 2.20. The van der Waals surface area contributed by atoms with Gasteiger partial charge in [0.25, 0.3) is 0 Å². The highest BCUT2D eigenvalue weighted by molar-refractivity contribution is 7.18. The summed E-state index contributed by atoms with van der Waals surface area (Å²) in [7, 11) is 0. The van der Waals surface area contributed by atoms with E-state index in [1.807, 2.05) is 6.07 Å². The first-order chi connectivity index (χ1) is 10.1. The molecule has 0 fully saturated rings. The third kappa shape index (κ3) is 2.55. The second-order valence-electron chi connectivity index (χ2n) is 4.35. The number of carboxylic acid groups (broad SMARTS) is 1. The molecule has 0 unspecified atom stereocenters. The molecule has 0 aliphatic carbocycles. The normalized spacial score (nSPS) is 14.0. The van der Waals surface area contributed by atoms with Crippen molar-refractivity contribution in [2.45, 2.75) is 0 Å². The van der Waals surface area contributed by atoms with Gasteiger partial charge < -0.3 is 10.4 Å². The van der Waals surface area contributed by atoms with E-state index in [4.69, 9.17) is 16.7 Å². The molecule has 21 heavy (non-hydrogen) atoms. The number of carbonyl (C=O) groups excluding carboxylic acids is 1. The monoisotopic (exact) mass is 320 g/mol. The Kier molecular flexibility index (Phi) is 3.48. The number of carbonyl (C=O) groups is 2. The predicted octanol–water partition coefficient (Wildman–Crippen LogP) is 2.89. The number of rotatable bonds is 2. The van der Waals surface area contributed by atoms with Crippen molar-refractivity contribution in [3.63, 3.8) is 0 Å². The number of benzene rings is 1. The van der Waals surface area contributed by atoms with Crippen LogP contribution in [0.15, 0.2) is 35.3 Å². The SMILES string of the molecule is O=C1CN=C(c2ccccc2Cl)c2cc(C(=O)O)sc2N1. The van der Waals surface area contributed by atoms with Crippen LogP contribution >= 0.6 is 22.9 Å². The number of aromatic carboxylic acids is 1. The molecule has 0 radical (unpaired) electrons. The van der Waals surface area contributed by atoms with E-state index in [1.54, 1.807) is 18.2 Å². The number of aliphatic imine (C=N–C) groups is 1. The zero-order valence-corrected chi connectivity index (χ0v) is 12.2. The van der Waals surface area contributed by atoms with Crippen molar-refractivity contribution >= 4 is 45.5 Å². The molecule has 0 saturated heterocycles. The van der Waals surface area contributed by atoms with E-state index < -0.39 is 5.97 Å². The van der Waals surface area contributed by atoms with Crippen LogP contribution < -0.4 is 5.32 Å². The topological polar surface area (TPSA) is 78.8 Å². The average molecular weight is 321 g/mol. The highest BCUT2D eigenvalue weighted by Gasteiger charge is 2.24. The van der Waals surface area contributed by atoms with Crippen molar-refractivity contribution in [2.75, 3.05) is 11.9 Å². The van der Waals surface area contributed by atoms with E-state index in [2.05, 4.69) is 10.3 Å². The summed E-state index contributed by atoms with van der Waals surface area (Å²) in [6.07, 6.45) is 0. The van der Waals surface area contributed by atoms with Crippen LogP contribution in [0.5, 0.6) is 0 Å². The van der Waals surface area contributed by atoms with Crippen molar-refractivity contribution in [1.29, 1.82) is 0 Å². The zero-order chi connectivity index (χ0) is 15.0. The Hall–Kier alpha value is -2.18. The molecule has 1 aliphatic rings. The first kappa shape index (κ1) is 13.8. The summed E-state index contributed by atoms with van der Waals surface area (Å²) in [5.74, 6) is -1.32. The van der Waals surface area contributed by atoms with Crippen LogP contribution in [0.3, 0.4) is 0 Å². The molecule has 2 N–H and O–H groups in total. The van der Waals surface area contributed by atoms with Gasteiger partial charge >= 0.3 is 5.97 Å². The van der Waals surface area contributed by atoms with Crippen molar-refractivity contribution in [3.8, 4) is 0 Å². The molecular formula is C14H9ClN2O3S. The summed E-state index contributed by atoms with van der Waals surface area (Å²) in [5.41, 5.74) is 1.78. The first-order valence-corrected chi connectivity index (χ1v) is 7.22. The van der Waals surface area contributed by atoms with Gasteiger partial charge in [0, 0.05) is 16.1 Å². The number of thiophene rings is 1. The minimum absolute atomic E-state index is 0.0235. The molecule has 3 rings (SSSR count). The van der Waals surface area contributed by atoms with Crippen molar-refractivity contribution in [1.82, 2.24) is 0 Å². The number of anilines is 1. The zero-order valence-electron chi connectivity index (χ0n) is 10.6. The molecule has 1 aromatic heterocycles. The maximum Gasteiger partial charge on any atom is 0.345 e. The van der Waals surface area contributed by atoms with Gasteiger partial charge in [-0.25, -0.2) is 4.79 Å². The van der Waals surface area contributed by atoms with Gasteiger partial charge in [-0.15, -0.1) is 11.3 Å². The fourth-order valence-corrected chi connectivity index (χ4v) is 3.19. The Bertz CT molecular complexity index is 782. The largest absolute Gasteiger partial charge is 0.477 e. The van der Waals surface area contributed by atoms with Gasteiger partial charge in [0.05, 0.1) is 5.71 Å². The molecule has 2 aromatic rings. The number of fused-ring (bicyclic) bond motifs is 1. The molecular weight excluding hydrogens is 312 g/mol. The Morgan fingerprint density at radius 3 is 2.81 bits per heavy atom. The number of nitrogens with zero attached hydrogens (tertiary/aromatic N) is 1. The van der Waals surface area contributed by atoms with Gasteiger partial charge in [0.15, 0.2) is 0 Å². The summed E-state index contributed by atoms with van der Waals surface area (Å²) >= 11 is 7.19. The quantitative estimate of drug-likeness (QED) is 0.893. The minimum atomic E-state index is -1.04. The molecule has 2 heterocycles. The molecule has 1 aromatic carbocycles.